The van der Waals surface area contributed by atoms with Crippen molar-refractivity contribution in [2.75, 3.05) is 0 Å². The molecule has 5 nitrogen and oxygen atoms in total. The zero-order valence-corrected chi connectivity index (χ0v) is 11.4. The summed E-state index contributed by atoms with van der Waals surface area (Å²) in [6.07, 6.45) is 0. The zero-order chi connectivity index (χ0) is 14.8. The smallest absolute Gasteiger partial charge is 0.252 e. The van der Waals surface area contributed by atoms with Crippen molar-refractivity contribution in [3.05, 3.63) is 48.0 Å². The predicted octanol–water partition coefficient (Wildman–Crippen LogP) is 2.09. The van der Waals surface area contributed by atoms with Crippen LogP contribution < -0.4 is 11.1 Å². The molecule has 5 heteroatoms. The minimum Gasteiger partial charge on any atom is -0.409 e. The van der Waals surface area contributed by atoms with E-state index in [0.717, 1.165) is 10.8 Å². The first-order valence-corrected chi connectivity index (χ1v) is 6.23. The fraction of sp³-hybridized carbons (Fsp3) is 0.200. The summed E-state index contributed by atoms with van der Waals surface area (Å²) in [4.78, 5) is 12.2. The molecule has 0 unspecified atom stereocenters. The Morgan fingerprint density at radius 3 is 2.50 bits per heavy atom. The number of fused-ring (bicyclic) bond motifs is 1. The van der Waals surface area contributed by atoms with Gasteiger partial charge in [-0.05, 0) is 36.8 Å². The van der Waals surface area contributed by atoms with Crippen LogP contribution in [0.25, 0.3) is 10.8 Å². The number of benzene rings is 2. The highest BCUT2D eigenvalue weighted by atomic mass is 16.4. The van der Waals surface area contributed by atoms with Crippen LogP contribution in [0.3, 0.4) is 0 Å². The maximum atomic E-state index is 12.2. The van der Waals surface area contributed by atoms with Gasteiger partial charge in [0, 0.05) is 5.56 Å². The molecule has 20 heavy (non-hydrogen) atoms. The van der Waals surface area contributed by atoms with Crippen LogP contribution in [0, 0.1) is 0 Å². The molecule has 0 radical (unpaired) electrons. The van der Waals surface area contributed by atoms with Gasteiger partial charge in [0.05, 0.1) is 5.54 Å². The highest BCUT2D eigenvalue weighted by molar-refractivity contribution is 6.02. The summed E-state index contributed by atoms with van der Waals surface area (Å²) in [6.45, 7) is 3.34. The lowest BCUT2D eigenvalue weighted by molar-refractivity contribution is 0.0931. The van der Waals surface area contributed by atoms with Crippen LogP contribution in [0.15, 0.2) is 47.6 Å². The topological polar surface area (TPSA) is 87.7 Å². The molecule has 2 rings (SSSR count). The number of nitrogens with zero attached hydrogens (tertiary/aromatic N) is 1. The van der Waals surface area contributed by atoms with Gasteiger partial charge in [-0.3, -0.25) is 4.79 Å². The largest absolute Gasteiger partial charge is 0.409 e. The number of amidine groups is 1. The second-order valence-corrected chi connectivity index (χ2v) is 5.13. The molecule has 0 aliphatic heterocycles. The van der Waals surface area contributed by atoms with E-state index in [0.29, 0.717) is 5.56 Å². The van der Waals surface area contributed by atoms with Crippen molar-refractivity contribution >= 4 is 22.5 Å². The standard InChI is InChI=1S/C15H17N3O2/c1-15(2,14(16)18-20)17-13(19)12-8-7-10-5-3-4-6-11(10)9-12/h3-9,20H,1-2H3,(H2,16,18)(H,17,19). The Bertz CT molecular complexity index is 678. The average molecular weight is 271 g/mol. The number of amides is 1. The lowest BCUT2D eigenvalue weighted by atomic mass is 10.0. The maximum Gasteiger partial charge on any atom is 0.252 e. The van der Waals surface area contributed by atoms with Crippen LogP contribution in [0.5, 0.6) is 0 Å². The summed E-state index contributed by atoms with van der Waals surface area (Å²) < 4.78 is 0. The van der Waals surface area contributed by atoms with Crippen molar-refractivity contribution in [3.63, 3.8) is 0 Å². The minimum atomic E-state index is -0.919. The SMILES string of the molecule is CC(C)(NC(=O)c1ccc2ccccc2c1)/C(N)=N/O. The summed E-state index contributed by atoms with van der Waals surface area (Å²) >= 11 is 0. The van der Waals surface area contributed by atoms with E-state index in [9.17, 15) is 4.79 Å². The first-order valence-electron chi connectivity index (χ1n) is 6.23. The highest BCUT2D eigenvalue weighted by Gasteiger charge is 2.26. The van der Waals surface area contributed by atoms with E-state index in [2.05, 4.69) is 10.5 Å². The van der Waals surface area contributed by atoms with Gasteiger partial charge >= 0.3 is 0 Å². The molecule has 2 aromatic carbocycles. The van der Waals surface area contributed by atoms with E-state index in [1.807, 2.05) is 36.4 Å². The number of hydrogen-bond donors (Lipinski definition) is 3. The molecule has 0 fully saturated rings. The fourth-order valence-electron chi connectivity index (χ4n) is 1.88. The van der Waals surface area contributed by atoms with E-state index < -0.39 is 5.54 Å². The van der Waals surface area contributed by atoms with Crippen LogP contribution >= 0.6 is 0 Å². The fourth-order valence-corrected chi connectivity index (χ4v) is 1.88. The number of rotatable bonds is 3. The lowest BCUT2D eigenvalue weighted by Crippen LogP contribution is -2.53. The Balaban J connectivity index is 2.28. The van der Waals surface area contributed by atoms with Crippen molar-refractivity contribution in [2.45, 2.75) is 19.4 Å². The van der Waals surface area contributed by atoms with E-state index in [1.54, 1.807) is 19.9 Å². The normalized spacial score (nSPS) is 12.4. The Hall–Kier alpha value is -2.56. The van der Waals surface area contributed by atoms with Crippen molar-refractivity contribution in [3.8, 4) is 0 Å². The van der Waals surface area contributed by atoms with Gasteiger partial charge in [0.2, 0.25) is 0 Å². The summed E-state index contributed by atoms with van der Waals surface area (Å²) in [6, 6.07) is 13.2. The average Bonchev–Trinajstić information content (AvgIpc) is 2.45. The predicted molar refractivity (Wildman–Crippen MR) is 78.9 cm³/mol. The second-order valence-electron chi connectivity index (χ2n) is 5.13. The van der Waals surface area contributed by atoms with E-state index in [4.69, 9.17) is 10.9 Å². The van der Waals surface area contributed by atoms with Crippen LogP contribution in [0.2, 0.25) is 0 Å². The van der Waals surface area contributed by atoms with Gasteiger partial charge in [0.25, 0.3) is 5.91 Å². The number of oxime groups is 1. The summed E-state index contributed by atoms with van der Waals surface area (Å²) in [5.41, 5.74) is 5.16. The molecule has 1 amide bonds. The van der Waals surface area contributed by atoms with Crippen LogP contribution in [0.1, 0.15) is 24.2 Å². The Kier molecular flexibility index (Phi) is 3.61. The van der Waals surface area contributed by atoms with E-state index in [-0.39, 0.29) is 11.7 Å². The summed E-state index contributed by atoms with van der Waals surface area (Å²) in [7, 11) is 0. The lowest BCUT2D eigenvalue weighted by Gasteiger charge is -2.24. The zero-order valence-electron chi connectivity index (χ0n) is 11.4. The third-order valence-electron chi connectivity index (χ3n) is 3.19. The van der Waals surface area contributed by atoms with Crippen molar-refractivity contribution in [1.29, 1.82) is 0 Å². The van der Waals surface area contributed by atoms with Crippen LogP contribution in [-0.4, -0.2) is 22.5 Å². The van der Waals surface area contributed by atoms with Crippen molar-refractivity contribution in [1.82, 2.24) is 5.32 Å². The first-order chi connectivity index (χ1) is 9.44. The van der Waals surface area contributed by atoms with Crippen LogP contribution in [-0.2, 0) is 0 Å². The molecule has 0 bridgehead atoms. The molecule has 0 saturated heterocycles. The number of nitrogens with one attached hydrogen (secondary N) is 1. The van der Waals surface area contributed by atoms with Gasteiger partial charge in [-0.15, -0.1) is 0 Å². The Morgan fingerprint density at radius 2 is 1.85 bits per heavy atom. The van der Waals surface area contributed by atoms with Gasteiger partial charge in [-0.2, -0.15) is 0 Å². The Morgan fingerprint density at radius 1 is 1.20 bits per heavy atom. The molecule has 0 saturated carbocycles. The summed E-state index contributed by atoms with van der Waals surface area (Å²) in [5, 5.41) is 16.4. The number of carbonyl (C=O) groups excluding carboxylic acids is 1. The molecule has 0 atom stereocenters. The molecule has 104 valence electrons. The Labute approximate surface area is 117 Å². The quantitative estimate of drug-likeness (QED) is 0.346. The molecular weight excluding hydrogens is 254 g/mol. The van der Waals surface area contributed by atoms with Gasteiger partial charge < -0.3 is 16.3 Å². The van der Waals surface area contributed by atoms with Gasteiger partial charge in [-0.1, -0.05) is 35.5 Å². The third kappa shape index (κ3) is 2.71. The van der Waals surface area contributed by atoms with E-state index in [1.165, 1.54) is 0 Å². The van der Waals surface area contributed by atoms with Crippen LogP contribution in [0.4, 0.5) is 0 Å². The highest BCUT2D eigenvalue weighted by Crippen LogP contribution is 2.16. The molecule has 0 heterocycles. The summed E-state index contributed by atoms with van der Waals surface area (Å²) in [5.74, 6) is -0.320. The third-order valence-corrected chi connectivity index (χ3v) is 3.19. The number of nitrogens with two attached hydrogens (primary N) is 1. The van der Waals surface area contributed by atoms with E-state index >= 15 is 0 Å². The minimum absolute atomic E-state index is 0.0494. The number of hydrogen-bond acceptors (Lipinski definition) is 3. The van der Waals surface area contributed by atoms with Gasteiger partial charge in [-0.25, -0.2) is 0 Å². The monoisotopic (exact) mass is 271 g/mol. The second kappa shape index (κ2) is 5.21. The van der Waals surface area contributed by atoms with Gasteiger partial charge in [0.1, 0.15) is 0 Å². The molecular formula is C15H17N3O2. The number of carbonyl (C=O) groups is 1. The molecule has 0 aliphatic carbocycles. The molecule has 0 aromatic heterocycles. The molecule has 4 N–H and O–H groups in total. The van der Waals surface area contributed by atoms with Crippen molar-refractivity contribution < 1.29 is 10.0 Å². The molecule has 0 spiro atoms. The molecule has 0 aliphatic rings. The first kappa shape index (κ1) is 13.9. The van der Waals surface area contributed by atoms with Crippen molar-refractivity contribution in [2.24, 2.45) is 10.9 Å². The molecule has 2 aromatic rings. The van der Waals surface area contributed by atoms with Gasteiger partial charge in [0.15, 0.2) is 5.84 Å². The maximum absolute atomic E-state index is 12.2.